The number of rotatable bonds is 5. The van der Waals surface area contributed by atoms with Gasteiger partial charge < -0.3 is 0 Å². The van der Waals surface area contributed by atoms with Crippen LogP contribution < -0.4 is 0 Å². The maximum absolute atomic E-state index is 13.8. The molecule has 0 radical (unpaired) electrons. The molecule has 0 bridgehead atoms. The van der Waals surface area contributed by atoms with E-state index in [4.69, 9.17) is 0 Å². The van der Waals surface area contributed by atoms with Crippen LogP contribution in [0.3, 0.4) is 0 Å². The van der Waals surface area contributed by atoms with Gasteiger partial charge in [0.05, 0.1) is 11.3 Å². The lowest BCUT2D eigenvalue weighted by molar-refractivity contribution is -0.137. The molecule has 2 rings (SSSR count). The van der Waals surface area contributed by atoms with Crippen LogP contribution in [0.1, 0.15) is 55.6 Å². The Kier molecular flexibility index (Phi) is 6.01. The highest BCUT2D eigenvalue weighted by Crippen LogP contribution is 2.45. The minimum Gasteiger partial charge on any atom is -0.294 e. The van der Waals surface area contributed by atoms with Crippen molar-refractivity contribution in [2.45, 2.75) is 47.2 Å². The molecule has 0 amide bonds. The van der Waals surface area contributed by atoms with Crippen LogP contribution in [-0.2, 0) is 6.18 Å². The number of carbonyl (C=O) groups is 1. The van der Waals surface area contributed by atoms with Crippen LogP contribution in [0.15, 0.2) is 22.6 Å². The van der Waals surface area contributed by atoms with E-state index in [1.807, 2.05) is 13.8 Å². The quantitative estimate of drug-likeness (QED) is 0.439. The van der Waals surface area contributed by atoms with Crippen molar-refractivity contribution in [3.05, 3.63) is 34.3 Å². The Morgan fingerprint density at radius 2 is 2.00 bits per heavy atom. The smallest absolute Gasteiger partial charge is 0.294 e. The number of nitrogens with zero attached hydrogens (tertiary/aromatic N) is 2. The number of thiazole rings is 1. The molecule has 0 N–H and O–H groups in total. The van der Waals surface area contributed by atoms with Gasteiger partial charge in [-0.3, -0.25) is 9.79 Å². The number of hydrogen-bond donors (Lipinski definition) is 0. The minimum absolute atomic E-state index is 0.0415. The van der Waals surface area contributed by atoms with Gasteiger partial charge in [0, 0.05) is 28.4 Å². The van der Waals surface area contributed by atoms with Gasteiger partial charge in [-0.15, -0.1) is 11.3 Å². The zero-order valence-electron chi connectivity index (χ0n) is 15.4. The third-order valence-electron chi connectivity index (χ3n) is 4.49. The topological polar surface area (TPSA) is 42.3 Å². The molecule has 3 nitrogen and oxygen atoms in total. The van der Waals surface area contributed by atoms with E-state index in [9.17, 15) is 18.0 Å². The molecule has 7 heteroatoms. The van der Waals surface area contributed by atoms with Crippen LogP contribution in [0, 0.1) is 12.8 Å². The summed E-state index contributed by atoms with van der Waals surface area (Å²) in [5.74, 6) is -0.604. The Hall–Kier alpha value is -2.02. The van der Waals surface area contributed by atoms with Crippen LogP contribution in [-0.4, -0.2) is 16.5 Å². The number of halogens is 3. The van der Waals surface area contributed by atoms with Crippen LogP contribution >= 0.6 is 11.3 Å². The highest BCUT2D eigenvalue weighted by molar-refractivity contribution is 7.13. The Balaban J connectivity index is 2.91. The second-order valence-electron chi connectivity index (χ2n) is 6.27. The fourth-order valence-corrected chi connectivity index (χ4v) is 3.34. The van der Waals surface area contributed by atoms with Crippen LogP contribution in [0.2, 0.25) is 0 Å². The van der Waals surface area contributed by atoms with E-state index in [1.54, 1.807) is 25.4 Å². The number of benzene rings is 1. The Morgan fingerprint density at radius 1 is 1.35 bits per heavy atom. The molecule has 2 aromatic rings. The van der Waals surface area contributed by atoms with Gasteiger partial charge in [-0.25, -0.2) is 4.98 Å². The summed E-state index contributed by atoms with van der Waals surface area (Å²) in [7, 11) is 0. The number of alkyl halides is 3. The molecule has 1 aromatic carbocycles. The number of carbonyl (C=O) groups excluding carboxylic acids is 1. The summed E-state index contributed by atoms with van der Waals surface area (Å²) in [5.41, 5.74) is -0.0385. The number of aliphatic imine (C=N–C) groups is 1. The van der Waals surface area contributed by atoms with Gasteiger partial charge in [0.2, 0.25) is 0 Å². The molecule has 0 saturated heterocycles. The highest BCUT2D eigenvalue weighted by Gasteiger charge is 2.39. The average Bonchev–Trinajstić information content (AvgIpc) is 3.08. The summed E-state index contributed by atoms with van der Waals surface area (Å²) in [6.07, 6.45) is -2.33. The van der Waals surface area contributed by atoms with E-state index < -0.39 is 17.5 Å². The first-order valence-corrected chi connectivity index (χ1v) is 9.16. The lowest BCUT2D eigenvalue weighted by Gasteiger charge is -2.19. The fourth-order valence-electron chi connectivity index (χ4n) is 2.63. The van der Waals surface area contributed by atoms with E-state index in [-0.39, 0.29) is 17.2 Å². The van der Waals surface area contributed by atoms with Crippen molar-refractivity contribution in [3.8, 4) is 10.6 Å². The first kappa shape index (κ1) is 20.3. The van der Waals surface area contributed by atoms with Crippen molar-refractivity contribution >= 4 is 28.5 Å². The van der Waals surface area contributed by atoms with Crippen molar-refractivity contribution in [2.75, 3.05) is 0 Å². The molecule has 1 heterocycles. The van der Waals surface area contributed by atoms with E-state index in [2.05, 4.69) is 9.98 Å². The van der Waals surface area contributed by atoms with Gasteiger partial charge in [0.15, 0.2) is 5.78 Å². The Morgan fingerprint density at radius 3 is 2.46 bits per heavy atom. The minimum atomic E-state index is -4.68. The standard InChI is InChI=1S/C19H21F3N2OS/c1-6-10(2)12(4)24-17-11(3)14(18-23-7-8-26-18)9-15(13(5)25)16(17)19(20,21)22/h7-10H,6H2,1-5H3. The zero-order valence-corrected chi connectivity index (χ0v) is 16.2. The molecule has 0 spiro atoms. The summed E-state index contributed by atoms with van der Waals surface area (Å²) < 4.78 is 41.5. The summed E-state index contributed by atoms with van der Waals surface area (Å²) in [4.78, 5) is 20.5. The molecule has 0 aliphatic heterocycles. The van der Waals surface area contributed by atoms with E-state index >= 15 is 0 Å². The maximum Gasteiger partial charge on any atom is 0.419 e. The summed E-state index contributed by atoms with van der Waals surface area (Å²) >= 11 is 1.31. The molecular formula is C19H21F3N2OS. The molecule has 1 atom stereocenters. The Labute approximate surface area is 155 Å². The van der Waals surface area contributed by atoms with Crippen LogP contribution in [0.4, 0.5) is 18.9 Å². The normalized spacial score (nSPS) is 13.8. The molecule has 1 unspecified atom stereocenters. The molecule has 0 aliphatic carbocycles. The van der Waals surface area contributed by atoms with Gasteiger partial charge in [0.25, 0.3) is 0 Å². The zero-order chi connectivity index (χ0) is 19.6. The number of ketones is 1. The van der Waals surface area contributed by atoms with Gasteiger partial charge in [-0.1, -0.05) is 13.8 Å². The van der Waals surface area contributed by atoms with Crippen LogP contribution in [0.5, 0.6) is 0 Å². The van der Waals surface area contributed by atoms with Crippen molar-refractivity contribution in [2.24, 2.45) is 10.9 Å². The van der Waals surface area contributed by atoms with Gasteiger partial charge in [-0.05, 0) is 44.7 Å². The largest absolute Gasteiger partial charge is 0.419 e. The first-order chi connectivity index (χ1) is 12.1. The number of aromatic nitrogens is 1. The molecule has 26 heavy (non-hydrogen) atoms. The van der Waals surface area contributed by atoms with E-state index in [0.717, 1.165) is 13.3 Å². The maximum atomic E-state index is 13.8. The summed E-state index contributed by atoms with van der Waals surface area (Å²) in [6, 6.07) is 1.29. The van der Waals surface area contributed by atoms with E-state index in [1.165, 1.54) is 17.4 Å². The van der Waals surface area contributed by atoms with Gasteiger partial charge in [-0.2, -0.15) is 13.2 Å². The molecular weight excluding hydrogens is 361 g/mol. The lowest BCUT2D eigenvalue weighted by atomic mass is 9.93. The average molecular weight is 382 g/mol. The van der Waals surface area contributed by atoms with Gasteiger partial charge in [0.1, 0.15) is 5.01 Å². The fraction of sp³-hybridized carbons (Fsp3) is 0.421. The summed E-state index contributed by atoms with van der Waals surface area (Å²) in [6.45, 7) is 8.32. The second kappa shape index (κ2) is 7.70. The number of Topliss-reactive ketones (excluding diaryl/α,β-unsaturated/α-hetero) is 1. The Bertz CT molecular complexity index is 839. The first-order valence-electron chi connectivity index (χ1n) is 8.28. The van der Waals surface area contributed by atoms with Crippen LogP contribution in [0.25, 0.3) is 10.6 Å². The number of hydrogen-bond acceptors (Lipinski definition) is 4. The molecule has 140 valence electrons. The molecule has 0 saturated carbocycles. The molecule has 0 aliphatic rings. The molecule has 0 fully saturated rings. The third kappa shape index (κ3) is 4.03. The molecule has 1 aromatic heterocycles. The predicted octanol–water partition coefficient (Wildman–Crippen LogP) is 6.48. The summed E-state index contributed by atoms with van der Waals surface area (Å²) in [5, 5.41) is 2.31. The predicted molar refractivity (Wildman–Crippen MR) is 99.5 cm³/mol. The second-order valence-corrected chi connectivity index (χ2v) is 7.17. The SMILES string of the molecule is CCC(C)C(C)=Nc1c(C)c(-c2nccs2)cc(C(C)=O)c1C(F)(F)F. The third-order valence-corrected chi connectivity index (χ3v) is 5.30. The van der Waals surface area contributed by atoms with Crippen molar-refractivity contribution in [1.82, 2.24) is 4.98 Å². The van der Waals surface area contributed by atoms with Crippen molar-refractivity contribution in [3.63, 3.8) is 0 Å². The van der Waals surface area contributed by atoms with Crippen molar-refractivity contribution in [1.29, 1.82) is 0 Å². The lowest BCUT2D eigenvalue weighted by Crippen LogP contribution is -2.14. The van der Waals surface area contributed by atoms with Gasteiger partial charge >= 0.3 is 6.18 Å². The van der Waals surface area contributed by atoms with Crippen molar-refractivity contribution < 1.29 is 18.0 Å². The monoisotopic (exact) mass is 382 g/mol. The van der Waals surface area contributed by atoms with E-state index in [0.29, 0.717) is 21.8 Å². The highest BCUT2D eigenvalue weighted by atomic mass is 32.1.